The molecule has 0 aromatic heterocycles. The highest BCUT2D eigenvalue weighted by atomic mass is 35.5. The van der Waals surface area contributed by atoms with Gasteiger partial charge in [0.15, 0.2) is 0 Å². The Morgan fingerprint density at radius 2 is 1.56 bits per heavy atom. The van der Waals surface area contributed by atoms with Crippen LogP contribution < -0.4 is 0 Å². The van der Waals surface area contributed by atoms with Gasteiger partial charge in [0.05, 0.1) is 6.42 Å². The molecule has 0 aliphatic heterocycles. The first kappa shape index (κ1) is 14.7. The van der Waals surface area contributed by atoms with E-state index in [4.69, 9.17) is 33.4 Å². The maximum absolute atomic E-state index is 10.2. The number of halogens is 2. The van der Waals surface area contributed by atoms with Crippen molar-refractivity contribution < 1.29 is 19.8 Å². The van der Waals surface area contributed by atoms with Crippen LogP contribution in [0.15, 0.2) is 30.3 Å². The first-order valence-corrected chi connectivity index (χ1v) is 5.07. The summed E-state index contributed by atoms with van der Waals surface area (Å²) < 4.78 is 0. The van der Waals surface area contributed by atoms with E-state index in [0.29, 0.717) is 0 Å². The third-order valence-electron chi connectivity index (χ3n) is 1.38. The summed E-state index contributed by atoms with van der Waals surface area (Å²) in [5.41, 5.74) is 0.843. The molecule has 0 unspecified atom stereocenters. The number of hydrogen-bond acceptors (Lipinski definition) is 2. The van der Waals surface area contributed by atoms with Crippen molar-refractivity contribution in [1.29, 1.82) is 0 Å². The Bertz CT molecular complexity index is 338. The topological polar surface area (TPSA) is 74.6 Å². The fourth-order valence-electron chi connectivity index (χ4n) is 0.770. The Kier molecular flexibility index (Phi) is 7.33. The van der Waals surface area contributed by atoms with Crippen LogP contribution >= 0.6 is 23.2 Å². The van der Waals surface area contributed by atoms with E-state index >= 15 is 0 Å². The van der Waals surface area contributed by atoms with Crippen LogP contribution in [0.4, 0.5) is 0 Å². The second-order valence-electron chi connectivity index (χ2n) is 2.70. The van der Waals surface area contributed by atoms with Crippen molar-refractivity contribution in [3.05, 3.63) is 35.9 Å². The fraction of sp³-hybridized carbons (Fsp3) is 0.200. The van der Waals surface area contributed by atoms with Crippen molar-refractivity contribution in [2.45, 2.75) is 11.3 Å². The molecule has 0 saturated heterocycles. The molecule has 1 aromatic carbocycles. The molecule has 0 fully saturated rings. The Balaban J connectivity index is 0.000000325. The third-order valence-corrected chi connectivity index (χ3v) is 1.76. The molecule has 88 valence electrons. The molecule has 1 rings (SSSR count). The van der Waals surface area contributed by atoms with Crippen LogP contribution in [0.25, 0.3) is 0 Å². The molecule has 6 heteroatoms. The van der Waals surface area contributed by atoms with Gasteiger partial charge < -0.3 is 10.2 Å². The number of aliphatic carboxylic acids is 2. The normalized spacial score (nSPS) is 9.19. The summed E-state index contributed by atoms with van der Waals surface area (Å²) >= 11 is 9.56. The first-order chi connectivity index (χ1) is 7.43. The maximum Gasteiger partial charge on any atom is 0.337 e. The van der Waals surface area contributed by atoms with Crippen LogP contribution in [0.2, 0.25) is 0 Å². The predicted octanol–water partition coefficient (Wildman–Crippen LogP) is 2.19. The molecular formula is C10H10Cl2O4. The number of carboxylic acids is 2. The molecule has 0 saturated carbocycles. The van der Waals surface area contributed by atoms with Gasteiger partial charge in [-0.25, -0.2) is 4.79 Å². The molecule has 0 spiro atoms. The van der Waals surface area contributed by atoms with Gasteiger partial charge >= 0.3 is 11.9 Å². The first-order valence-electron chi connectivity index (χ1n) is 4.20. The van der Waals surface area contributed by atoms with Crippen molar-refractivity contribution in [3.63, 3.8) is 0 Å². The third kappa shape index (κ3) is 8.08. The lowest BCUT2D eigenvalue weighted by Gasteiger charge is -1.92. The molecule has 0 heterocycles. The summed E-state index contributed by atoms with van der Waals surface area (Å²) in [6.07, 6.45) is 0.112. The van der Waals surface area contributed by atoms with Crippen LogP contribution in [0.3, 0.4) is 0 Å². The Morgan fingerprint density at radius 1 is 1.12 bits per heavy atom. The number of hydrogen-bond donors (Lipinski definition) is 2. The average molecular weight is 265 g/mol. The summed E-state index contributed by atoms with van der Waals surface area (Å²) in [6.45, 7) is 0. The Hall–Kier alpha value is -1.26. The molecule has 1 aromatic rings. The van der Waals surface area contributed by atoms with Crippen LogP contribution in [0, 0.1) is 0 Å². The molecule has 0 amide bonds. The second-order valence-corrected chi connectivity index (χ2v) is 3.79. The van der Waals surface area contributed by atoms with Crippen molar-refractivity contribution >= 4 is 35.1 Å². The van der Waals surface area contributed by atoms with Gasteiger partial charge in [0.1, 0.15) is 0 Å². The van der Waals surface area contributed by atoms with Crippen molar-refractivity contribution in [2.24, 2.45) is 0 Å². The van der Waals surface area contributed by atoms with Gasteiger partial charge in [-0.15, -0.1) is 0 Å². The highest BCUT2D eigenvalue weighted by molar-refractivity contribution is 6.52. The Morgan fingerprint density at radius 3 is 1.88 bits per heavy atom. The molecule has 0 atom stereocenters. The summed E-state index contributed by atoms with van der Waals surface area (Å²) in [4.78, 5) is 18.3. The average Bonchev–Trinajstić information content (AvgIpc) is 2.19. The Labute approximate surface area is 102 Å². The standard InChI is InChI=1S/C8H8O2.C2H2Cl2O2/c9-8(10)6-7-4-2-1-3-5-7;3-1(4)2(5)6/h1-5H,6H2,(H,9,10);1H,(H,5,6). The van der Waals surface area contributed by atoms with E-state index in [-0.39, 0.29) is 6.42 Å². The van der Waals surface area contributed by atoms with E-state index in [9.17, 15) is 9.59 Å². The van der Waals surface area contributed by atoms with Gasteiger partial charge in [-0.05, 0) is 5.56 Å². The number of benzene rings is 1. The molecule has 2 N–H and O–H groups in total. The highest BCUT2D eigenvalue weighted by Gasteiger charge is 2.05. The summed E-state index contributed by atoms with van der Waals surface area (Å²) in [5, 5.41) is 16.1. The van der Waals surface area contributed by atoms with Gasteiger partial charge in [-0.3, -0.25) is 4.79 Å². The number of carboxylic acid groups (broad SMARTS) is 2. The molecule has 0 radical (unpaired) electrons. The zero-order chi connectivity index (χ0) is 12.6. The molecule has 0 bridgehead atoms. The number of alkyl halides is 2. The van der Waals surface area contributed by atoms with Crippen molar-refractivity contribution in [3.8, 4) is 0 Å². The fourth-order valence-corrected chi connectivity index (χ4v) is 0.770. The minimum absolute atomic E-state index is 0.112. The van der Waals surface area contributed by atoms with Crippen molar-refractivity contribution in [1.82, 2.24) is 0 Å². The smallest absolute Gasteiger partial charge is 0.337 e. The lowest BCUT2D eigenvalue weighted by molar-refractivity contribution is -0.136. The van der Waals surface area contributed by atoms with E-state index in [1.54, 1.807) is 12.1 Å². The van der Waals surface area contributed by atoms with Crippen molar-refractivity contribution in [2.75, 3.05) is 0 Å². The van der Waals surface area contributed by atoms with Crippen LogP contribution in [0.5, 0.6) is 0 Å². The van der Waals surface area contributed by atoms with Gasteiger partial charge in [0.2, 0.25) is 4.84 Å². The lowest BCUT2D eigenvalue weighted by atomic mass is 10.2. The maximum atomic E-state index is 10.2. The molecule has 16 heavy (non-hydrogen) atoms. The molecular weight excluding hydrogens is 255 g/mol. The van der Waals surface area contributed by atoms with Crippen LogP contribution in [-0.4, -0.2) is 27.0 Å². The predicted molar refractivity (Wildman–Crippen MR) is 60.9 cm³/mol. The second kappa shape index (κ2) is 7.96. The van der Waals surface area contributed by atoms with Crippen LogP contribution in [-0.2, 0) is 16.0 Å². The van der Waals surface area contributed by atoms with E-state index in [2.05, 4.69) is 0 Å². The van der Waals surface area contributed by atoms with Gasteiger partial charge in [0, 0.05) is 0 Å². The lowest BCUT2D eigenvalue weighted by Crippen LogP contribution is -2.03. The number of rotatable bonds is 3. The molecule has 0 aliphatic rings. The van der Waals surface area contributed by atoms with Gasteiger partial charge in [0.25, 0.3) is 0 Å². The molecule has 0 aliphatic carbocycles. The minimum atomic E-state index is -1.29. The van der Waals surface area contributed by atoms with E-state index in [1.807, 2.05) is 18.2 Å². The summed E-state index contributed by atoms with van der Waals surface area (Å²) in [6, 6.07) is 9.13. The monoisotopic (exact) mass is 264 g/mol. The van der Waals surface area contributed by atoms with Gasteiger partial charge in [-0.2, -0.15) is 0 Å². The summed E-state index contributed by atoms with van der Waals surface area (Å²) in [5.74, 6) is -2.00. The number of carbonyl (C=O) groups is 2. The largest absolute Gasteiger partial charge is 0.481 e. The van der Waals surface area contributed by atoms with E-state index in [0.717, 1.165) is 5.56 Å². The SMILES string of the molecule is O=C(O)C(Cl)Cl.O=C(O)Cc1ccccc1. The zero-order valence-corrected chi connectivity index (χ0v) is 9.65. The van der Waals surface area contributed by atoms with Crippen LogP contribution in [0.1, 0.15) is 5.56 Å². The van der Waals surface area contributed by atoms with E-state index < -0.39 is 16.8 Å². The minimum Gasteiger partial charge on any atom is -0.481 e. The zero-order valence-electron chi connectivity index (χ0n) is 8.14. The quantitative estimate of drug-likeness (QED) is 0.821. The summed E-state index contributed by atoms with van der Waals surface area (Å²) in [7, 11) is 0. The molecule has 4 nitrogen and oxygen atoms in total. The van der Waals surface area contributed by atoms with Gasteiger partial charge in [-0.1, -0.05) is 53.5 Å². The highest BCUT2D eigenvalue weighted by Crippen LogP contribution is 1.99. The van der Waals surface area contributed by atoms with E-state index in [1.165, 1.54) is 0 Å².